The summed E-state index contributed by atoms with van der Waals surface area (Å²) in [6.07, 6.45) is 1.12. The molecule has 2 rings (SSSR count). The minimum Gasteiger partial charge on any atom is -0.497 e. The summed E-state index contributed by atoms with van der Waals surface area (Å²) in [5.41, 5.74) is 9.72. The summed E-state index contributed by atoms with van der Waals surface area (Å²) in [5.74, 6) is 2.88. The molecule has 1 aromatic rings. The van der Waals surface area contributed by atoms with Crippen molar-refractivity contribution in [2.45, 2.75) is 6.42 Å². The Hall–Kier alpha value is -1.23. The van der Waals surface area contributed by atoms with E-state index in [-0.39, 0.29) is 0 Å². The fourth-order valence-corrected chi connectivity index (χ4v) is 3.91. The Labute approximate surface area is 114 Å². The third-order valence-electron chi connectivity index (χ3n) is 2.46. The van der Waals surface area contributed by atoms with Crippen LogP contribution in [0, 0.1) is 0 Å². The summed E-state index contributed by atoms with van der Waals surface area (Å²) in [5, 5.41) is 4.60. The van der Waals surface area contributed by atoms with Crippen LogP contribution < -0.4 is 4.74 Å². The number of azide groups is 1. The highest BCUT2D eigenvalue weighted by Gasteiger charge is 2.13. The fraction of sp³-hybridized carbons (Fsp3) is 0.333. The maximum absolute atomic E-state index is 8.64. The summed E-state index contributed by atoms with van der Waals surface area (Å²) in [6.45, 7) is 0. The van der Waals surface area contributed by atoms with Crippen LogP contribution in [0.3, 0.4) is 0 Å². The van der Waals surface area contributed by atoms with Crippen molar-refractivity contribution in [3.05, 3.63) is 45.3 Å². The zero-order valence-electron chi connectivity index (χ0n) is 10.00. The first kappa shape index (κ1) is 13.2. The van der Waals surface area contributed by atoms with Gasteiger partial charge in [-0.1, -0.05) is 17.2 Å². The first-order chi connectivity index (χ1) is 8.85. The zero-order valence-corrected chi connectivity index (χ0v) is 11.6. The van der Waals surface area contributed by atoms with E-state index >= 15 is 0 Å². The Morgan fingerprint density at radius 1 is 1.22 bits per heavy atom. The monoisotopic (exact) mass is 279 g/mol. The van der Waals surface area contributed by atoms with Crippen molar-refractivity contribution >= 4 is 28.4 Å². The molecule has 94 valence electrons. The average molecular weight is 279 g/mol. The predicted molar refractivity (Wildman–Crippen MR) is 78.6 cm³/mol. The van der Waals surface area contributed by atoms with Gasteiger partial charge in [-0.2, -0.15) is 0 Å². The van der Waals surface area contributed by atoms with Crippen LogP contribution in [0.4, 0.5) is 0 Å². The second-order valence-electron chi connectivity index (χ2n) is 3.60. The van der Waals surface area contributed by atoms with E-state index in [1.165, 1.54) is 0 Å². The Bertz CT molecular complexity index is 493. The quantitative estimate of drug-likeness (QED) is 0.465. The highest BCUT2D eigenvalue weighted by molar-refractivity contribution is 8.11. The normalized spacial score (nSPS) is 15.8. The molecule has 18 heavy (non-hydrogen) atoms. The van der Waals surface area contributed by atoms with Gasteiger partial charge in [-0.15, -0.1) is 23.5 Å². The lowest BCUT2D eigenvalue weighted by Crippen LogP contribution is -1.86. The Kier molecular flexibility index (Phi) is 4.87. The summed E-state index contributed by atoms with van der Waals surface area (Å²) in [6, 6.07) is 7.85. The van der Waals surface area contributed by atoms with Gasteiger partial charge in [-0.3, -0.25) is 0 Å². The van der Waals surface area contributed by atoms with E-state index in [9.17, 15) is 0 Å². The molecule has 0 aliphatic carbocycles. The number of hydrogen-bond donors (Lipinski definition) is 0. The van der Waals surface area contributed by atoms with Gasteiger partial charge >= 0.3 is 0 Å². The summed E-state index contributed by atoms with van der Waals surface area (Å²) >= 11 is 3.38. The number of methoxy groups -OCH3 is 1. The van der Waals surface area contributed by atoms with Gasteiger partial charge in [0.15, 0.2) is 0 Å². The minimum atomic E-state index is 0.783. The molecule has 0 amide bonds. The summed E-state index contributed by atoms with van der Waals surface area (Å²) in [4.78, 5) is 3.99. The van der Waals surface area contributed by atoms with Crippen molar-refractivity contribution in [2.75, 3.05) is 18.6 Å². The lowest BCUT2D eigenvalue weighted by Gasteiger charge is -2.08. The second-order valence-corrected chi connectivity index (χ2v) is 5.79. The van der Waals surface area contributed by atoms with E-state index < -0.39 is 0 Å². The van der Waals surface area contributed by atoms with E-state index in [1.54, 1.807) is 30.6 Å². The third-order valence-corrected chi connectivity index (χ3v) is 4.85. The SMILES string of the molecule is COc1ccc(C2=C(N=[N+]=[N-])SCCCS2)cc1. The molecule has 0 saturated carbocycles. The third kappa shape index (κ3) is 3.16. The Morgan fingerprint density at radius 2 is 1.94 bits per heavy atom. The van der Waals surface area contributed by atoms with Crippen LogP contribution >= 0.6 is 23.5 Å². The number of thioether (sulfide) groups is 2. The standard InChI is InChI=1S/C12H13N3OS2/c1-16-10-5-3-9(4-6-10)11-12(14-15-13)18-8-2-7-17-11/h3-6H,2,7-8H2,1H3. The largest absolute Gasteiger partial charge is 0.497 e. The molecule has 0 unspecified atom stereocenters. The number of hydrogen-bond acceptors (Lipinski definition) is 4. The van der Waals surface area contributed by atoms with Crippen LogP contribution in [0.5, 0.6) is 5.75 Å². The van der Waals surface area contributed by atoms with Gasteiger partial charge in [-0.05, 0) is 41.2 Å². The van der Waals surface area contributed by atoms with E-state index in [4.69, 9.17) is 10.3 Å². The topological polar surface area (TPSA) is 58.0 Å². The van der Waals surface area contributed by atoms with Crippen LogP contribution in [-0.2, 0) is 0 Å². The van der Waals surface area contributed by atoms with Crippen LogP contribution in [0.15, 0.2) is 34.4 Å². The fourth-order valence-electron chi connectivity index (χ4n) is 1.59. The minimum absolute atomic E-state index is 0.783. The molecule has 4 nitrogen and oxygen atoms in total. The summed E-state index contributed by atoms with van der Waals surface area (Å²) in [7, 11) is 1.65. The molecule has 0 N–H and O–H groups in total. The molecule has 6 heteroatoms. The first-order valence-electron chi connectivity index (χ1n) is 5.54. The number of benzene rings is 1. The van der Waals surface area contributed by atoms with E-state index in [0.717, 1.165) is 39.2 Å². The molecule has 1 heterocycles. The zero-order chi connectivity index (χ0) is 12.8. The van der Waals surface area contributed by atoms with Gasteiger partial charge < -0.3 is 4.74 Å². The van der Waals surface area contributed by atoms with E-state index in [2.05, 4.69) is 10.0 Å². The maximum Gasteiger partial charge on any atom is 0.118 e. The van der Waals surface area contributed by atoms with Crippen molar-refractivity contribution in [3.63, 3.8) is 0 Å². The molecule has 0 bridgehead atoms. The number of rotatable bonds is 3. The van der Waals surface area contributed by atoms with Gasteiger partial charge in [0.1, 0.15) is 5.75 Å². The molecule has 0 radical (unpaired) electrons. The Morgan fingerprint density at radius 3 is 2.61 bits per heavy atom. The van der Waals surface area contributed by atoms with Crippen LogP contribution in [0.1, 0.15) is 12.0 Å². The predicted octanol–water partition coefficient (Wildman–Crippen LogP) is 4.50. The van der Waals surface area contributed by atoms with Crippen molar-refractivity contribution in [1.82, 2.24) is 0 Å². The van der Waals surface area contributed by atoms with Crippen molar-refractivity contribution in [2.24, 2.45) is 5.11 Å². The van der Waals surface area contributed by atoms with Crippen LogP contribution in [0.25, 0.3) is 15.3 Å². The molecule has 0 atom stereocenters. The van der Waals surface area contributed by atoms with Gasteiger partial charge in [0.25, 0.3) is 0 Å². The smallest absolute Gasteiger partial charge is 0.118 e. The van der Waals surface area contributed by atoms with Crippen molar-refractivity contribution in [1.29, 1.82) is 0 Å². The van der Waals surface area contributed by atoms with Crippen LogP contribution in [-0.4, -0.2) is 18.6 Å². The lowest BCUT2D eigenvalue weighted by atomic mass is 10.2. The molecule has 1 aromatic carbocycles. The molecule has 0 aromatic heterocycles. The van der Waals surface area contributed by atoms with Crippen LogP contribution in [0.2, 0.25) is 0 Å². The molecule has 0 fully saturated rings. The Balaban J connectivity index is 2.38. The summed E-state index contributed by atoms with van der Waals surface area (Å²) < 4.78 is 5.15. The lowest BCUT2D eigenvalue weighted by molar-refractivity contribution is 0.415. The highest BCUT2D eigenvalue weighted by atomic mass is 32.2. The van der Waals surface area contributed by atoms with E-state index in [1.807, 2.05) is 24.3 Å². The van der Waals surface area contributed by atoms with E-state index in [0.29, 0.717) is 0 Å². The molecular weight excluding hydrogens is 266 g/mol. The van der Waals surface area contributed by atoms with Crippen molar-refractivity contribution < 1.29 is 4.74 Å². The highest BCUT2D eigenvalue weighted by Crippen LogP contribution is 2.40. The maximum atomic E-state index is 8.64. The molecule has 1 aliphatic rings. The van der Waals surface area contributed by atoms with Crippen molar-refractivity contribution in [3.8, 4) is 5.75 Å². The molecular formula is C12H13N3OS2. The molecule has 0 spiro atoms. The van der Waals surface area contributed by atoms with Gasteiger partial charge in [-0.25, -0.2) is 0 Å². The number of ether oxygens (including phenoxy) is 1. The second kappa shape index (κ2) is 6.64. The first-order valence-corrected chi connectivity index (χ1v) is 7.51. The molecule has 0 saturated heterocycles. The van der Waals surface area contributed by atoms with Gasteiger partial charge in [0.2, 0.25) is 0 Å². The molecule has 1 aliphatic heterocycles. The van der Waals surface area contributed by atoms with Gasteiger partial charge in [0, 0.05) is 9.82 Å². The number of nitrogens with zero attached hydrogens (tertiary/aromatic N) is 3. The van der Waals surface area contributed by atoms with Gasteiger partial charge in [0.05, 0.1) is 12.1 Å². The average Bonchev–Trinajstić information content (AvgIpc) is 2.65.